The van der Waals surface area contributed by atoms with Crippen LogP contribution >= 0.6 is 0 Å². The molecule has 0 bridgehead atoms. The van der Waals surface area contributed by atoms with Crippen LogP contribution in [0, 0.1) is 0 Å². The number of ether oxygens (including phenoxy) is 1. The molecule has 0 saturated carbocycles. The molecule has 3 nitrogen and oxygen atoms in total. The van der Waals surface area contributed by atoms with E-state index in [9.17, 15) is 0 Å². The maximum Gasteiger partial charge on any atom is 0.407 e. The molecule has 0 heterocycles. The van der Waals surface area contributed by atoms with E-state index in [1.807, 2.05) is 12.1 Å². The fourth-order valence-corrected chi connectivity index (χ4v) is 6.20. The number of rotatable bonds is 13. The third kappa shape index (κ3) is 6.06. The Labute approximate surface area is 159 Å². The summed E-state index contributed by atoms with van der Waals surface area (Å²) in [5, 5.41) is 2.30. The molecule has 2 aromatic carbocycles. The van der Waals surface area contributed by atoms with Gasteiger partial charge in [-0.15, -0.1) is 0 Å². The van der Waals surface area contributed by atoms with Gasteiger partial charge in [0, 0.05) is 13.7 Å². The molecule has 0 N–H and O–H groups in total. The van der Waals surface area contributed by atoms with Crippen molar-refractivity contribution in [3.05, 3.63) is 60.7 Å². The van der Waals surface area contributed by atoms with Gasteiger partial charge in [-0.1, -0.05) is 93.3 Å². The van der Waals surface area contributed by atoms with Crippen LogP contribution in [-0.4, -0.2) is 35.5 Å². The van der Waals surface area contributed by atoms with E-state index in [1.165, 1.54) is 25.7 Å². The van der Waals surface area contributed by atoms with E-state index < -0.39 is 8.56 Å². The standard InChI is InChI=1S/C22H32O3Si/c1-3-4-5-6-13-18-24-26(25-20-19-23-2,21-14-9-7-10-15-21)22-16-11-8-12-17-22/h7-12,14-17H,3-6,13,18-20H2,1-2H3. The molecule has 0 aliphatic rings. The summed E-state index contributed by atoms with van der Waals surface area (Å²) in [5.41, 5.74) is 0. The van der Waals surface area contributed by atoms with Gasteiger partial charge >= 0.3 is 8.56 Å². The Morgan fingerprint density at radius 1 is 0.654 bits per heavy atom. The van der Waals surface area contributed by atoms with Crippen LogP contribution in [0.25, 0.3) is 0 Å². The van der Waals surface area contributed by atoms with Crippen molar-refractivity contribution >= 4 is 18.9 Å². The number of unbranched alkanes of at least 4 members (excludes halogenated alkanes) is 4. The predicted molar refractivity (Wildman–Crippen MR) is 110 cm³/mol. The molecule has 0 amide bonds. The lowest BCUT2D eigenvalue weighted by molar-refractivity contribution is 0.118. The van der Waals surface area contributed by atoms with Gasteiger partial charge in [0.1, 0.15) is 0 Å². The lowest BCUT2D eigenvalue weighted by atomic mass is 10.2. The molecule has 0 spiro atoms. The first-order chi connectivity index (χ1) is 12.8. The molecular formula is C22H32O3Si. The first kappa shape index (κ1) is 20.8. The largest absolute Gasteiger partial charge is 0.407 e. The quantitative estimate of drug-likeness (QED) is 0.394. The van der Waals surface area contributed by atoms with Gasteiger partial charge in [-0.25, -0.2) is 0 Å². The molecule has 0 aliphatic carbocycles. The van der Waals surface area contributed by atoms with Gasteiger partial charge in [-0.2, -0.15) is 0 Å². The van der Waals surface area contributed by atoms with Gasteiger partial charge < -0.3 is 13.6 Å². The second kappa shape index (κ2) is 12.0. The molecule has 0 atom stereocenters. The molecule has 0 saturated heterocycles. The third-order valence-corrected chi connectivity index (χ3v) is 7.86. The van der Waals surface area contributed by atoms with Gasteiger partial charge in [0.2, 0.25) is 0 Å². The SMILES string of the molecule is CCCCCCCO[Si](OCCOC)(c1ccccc1)c1ccccc1. The van der Waals surface area contributed by atoms with Gasteiger partial charge in [-0.05, 0) is 16.8 Å². The average molecular weight is 373 g/mol. The first-order valence-corrected chi connectivity index (χ1v) is 11.5. The molecule has 0 unspecified atom stereocenters. The van der Waals surface area contributed by atoms with Crippen LogP contribution in [0.15, 0.2) is 60.7 Å². The van der Waals surface area contributed by atoms with E-state index >= 15 is 0 Å². The van der Waals surface area contributed by atoms with E-state index in [0.717, 1.165) is 23.4 Å². The maximum atomic E-state index is 6.59. The Morgan fingerprint density at radius 3 is 1.73 bits per heavy atom. The highest BCUT2D eigenvalue weighted by molar-refractivity contribution is 6.92. The molecule has 0 radical (unpaired) electrons. The minimum atomic E-state index is -2.73. The molecule has 0 aliphatic heterocycles. The minimum absolute atomic E-state index is 0.530. The van der Waals surface area contributed by atoms with Crippen LogP contribution in [0.3, 0.4) is 0 Å². The number of hydrogen-bond donors (Lipinski definition) is 0. The molecular weight excluding hydrogens is 340 g/mol. The highest BCUT2D eigenvalue weighted by Crippen LogP contribution is 2.12. The van der Waals surface area contributed by atoms with Crippen LogP contribution in [0.1, 0.15) is 39.0 Å². The van der Waals surface area contributed by atoms with Crippen LogP contribution in [0.5, 0.6) is 0 Å². The average Bonchev–Trinajstić information content (AvgIpc) is 2.71. The normalized spacial score (nSPS) is 11.6. The van der Waals surface area contributed by atoms with Crippen LogP contribution < -0.4 is 10.4 Å². The van der Waals surface area contributed by atoms with E-state index in [0.29, 0.717) is 13.2 Å². The topological polar surface area (TPSA) is 27.7 Å². The smallest absolute Gasteiger partial charge is 0.388 e. The van der Waals surface area contributed by atoms with Crippen molar-refractivity contribution < 1.29 is 13.6 Å². The zero-order chi connectivity index (χ0) is 18.5. The lowest BCUT2D eigenvalue weighted by Crippen LogP contribution is -2.63. The predicted octanol–water partition coefficient (Wildman–Crippen LogP) is 3.89. The Bertz CT molecular complexity index is 549. The molecule has 4 heteroatoms. The zero-order valence-electron chi connectivity index (χ0n) is 16.2. The van der Waals surface area contributed by atoms with Crippen molar-refractivity contribution in [3.63, 3.8) is 0 Å². The third-order valence-electron chi connectivity index (χ3n) is 4.45. The molecule has 0 fully saturated rings. The van der Waals surface area contributed by atoms with Gasteiger partial charge in [0.25, 0.3) is 0 Å². The van der Waals surface area contributed by atoms with Crippen molar-refractivity contribution in [3.8, 4) is 0 Å². The molecule has 0 aromatic heterocycles. The molecule has 2 rings (SSSR count). The Morgan fingerprint density at radius 2 is 1.19 bits per heavy atom. The first-order valence-electron chi connectivity index (χ1n) is 9.71. The zero-order valence-corrected chi connectivity index (χ0v) is 17.2. The summed E-state index contributed by atoms with van der Waals surface area (Å²) in [4.78, 5) is 0. The Balaban J connectivity index is 2.21. The summed E-state index contributed by atoms with van der Waals surface area (Å²) in [6.45, 7) is 4.06. The van der Waals surface area contributed by atoms with Crippen molar-refractivity contribution in [2.24, 2.45) is 0 Å². The van der Waals surface area contributed by atoms with Gasteiger partial charge in [0.15, 0.2) is 0 Å². The number of hydrogen-bond acceptors (Lipinski definition) is 3. The van der Waals surface area contributed by atoms with E-state index in [-0.39, 0.29) is 0 Å². The second-order valence-corrected chi connectivity index (χ2v) is 9.42. The molecule has 142 valence electrons. The minimum Gasteiger partial charge on any atom is -0.388 e. The van der Waals surface area contributed by atoms with E-state index in [4.69, 9.17) is 13.6 Å². The maximum absolute atomic E-state index is 6.59. The molecule has 2 aromatic rings. The Kier molecular flexibility index (Phi) is 9.64. The lowest BCUT2D eigenvalue weighted by Gasteiger charge is -2.31. The van der Waals surface area contributed by atoms with Crippen molar-refractivity contribution in [1.82, 2.24) is 0 Å². The van der Waals surface area contributed by atoms with E-state index in [1.54, 1.807) is 7.11 Å². The fraction of sp³-hybridized carbons (Fsp3) is 0.455. The van der Waals surface area contributed by atoms with Gasteiger partial charge in [-0.3, -0.25) is 0 Å². The van der Waals surface area contributed by atoms with Gasteiger partial charge in [0.05, 0.1) is 13.2 Å². The molecule has 26 heavy (non-hydrogen) atoms. The highest BCUT2D eigenvalue weighted by atomic mass is 28.4. The second-order valence-electron chi connectivity index (χ2n) is 6.45. The van der Waals surface area contributed by atoms with Crippen LogP contribution in [0.2, 0.25) is 0 Å². The summed E-state index contributed by atoms with van der Waals surface area (Å²) < 4.78 is 18.3. The monoisotopic (exact) mass is 372 g/mol. The van der Waals surface area contributed by atoms with Crippen LogP contribution in [0.4, 0.5) is 0 Å². The van der Waals surface area contributed by atoms with Crippen LogP contribution in [-0.2, 0) is 13.6 Å². The van der Waals surface area contributed by atoms with Crippen molar-refractivity contribution in [1.29, 1.82) is 0 Å². The highest BCUT2D eigenvalue weighted by Gasteiger charge is 2.42. The number of benzene rings is 2. The van der Waals surface area contributed by atoms with E-state index in [2.05, 4.69) is 55.5 Å². The summed E-state index contributed by atoms with van der Waals surface area (Å²) in [7, 11) is -1.03. The summed E-state index contributed by atoms with van der Waals surface area (Å²) in [5.74, 6) is 0. The fourth-order valence-electron chi connectivity index (χ4n) is 3.05. The van der Waals surface area contributed by atoms with Crippen molar-refractivity contribution in [2.75, 3.05) is 26.9 Å². The summed E-state index contributed by atoms with van der Waals surface area (Å²) in [6.07, 6.45) is 6.11. The summed E-state index contributed by atoms with van der Waals surface area (Å²) >= 11 is 0. The van der Waals surface area contributed by atoms with Crippen molar-refractivity contribution in [2.45, 2.75) is 39.0 Å². The number of methoxy groups -OCH3 is 1. The summed E-state index contributed by atoms with van der Waals surface area (Å²) in [6, 6.07) is 20.8. The Hall–Kier alpha value is -1.46.